The van der Waals surface area contributed by atoms with E-state index in [4.69, 9.17) is 16.3 Å². The van der Waals surface area contributed by atoms with Crippen molar-refractivity contribution in [3.05, 3.63) is 70.0 Å². The zero-order chi connectivity index (χ0) is 19.3. The van der Waals surface area contributed by atoms with Crippen molar-refractivity contribution in [2.45, 2.75) is 12.7 Å². The summed E-state index contributed by atoms with van der Waals surface area (Å²) in [7, 11) is 0. The van der Waals surface area contributed by atoms with Crippen molar-refractivity contribution in [2.24, 2.45) is 0 Å². The Balaban J connectivity index is 1.87. The second-order valence-electron chi connectivity index (χ2n) is 5.18. The van der Waals surface area contributed by atoms with E-state index in [1.807, 2.05) is 0 Å². The van der Waals surface area contributed by atoms with Gasteiger partial charge in [-0.25, -0.2) is 9.18 Å². The van der Waals surface area contributed by atoms with Gasteiger partial charge in [0.05, 0.1) is 16.1 Å². The SMILES string of the molecule is O=C(COC(=O)c1ccc(F)cc1Cl)NCc1cccc(C(F)(F)F)c1. The number of amides is 1. The molecule has 138 valence electrons. The molecule has 2 aromatic carbocycles. The smallest absolute Gasteiger partial charge is 0.416 e. The lowest BCUT2D eigenvalue weighted by Gasteiger charge is -2.10. The van der Waals surface area contributed by atoms with Crippen LogP contribution >= 0.6 is 11.6 Å². The molecule has 0 radical (unpaired) electrons. The van der Waals surface area contributed by atoms with Crippen LogP contribution in [0.5, 0.6) is 0 Å². The standard InChI is InChI=1S/C17H12ClF4NO3/c18-14-7-12(19)4-5-13(14)16(25)26-9-15(24)23-8-10-2-1-3-11(6-10)17(20,21)22/h1-7H,8-9H2,(H,23,24). The molecular weight excluding hydrogens is 378 g/mol. The summed E-state index contributed by atoms with van der Waals surface area (Å²) in [5.41, 5.74) is -0.707. The van der Waals surface area contributed by atoms with Crippen LogP contribution in [0.25, 0.3) is 0 Å². The minimum Gasteiger partial charge on any atom is -0.452 e. The van der Waals surface area contributed by atoms with Crippen molar-refractivity contribution in [1.29, 1.82) is 0 Å². The van der Waals surface area contributed by atoms with Crippen molar-refractivity contribution in [3.8, 4) is 0 Å². The Hall–Kier alpha value is -2.61. The number of carbonyl (C=O) groups excluding carboxylic acids is 2. The van der Waals surface area contributed by atoms with E-state index < -0.39 is 36.0 Å². The van der Waals surface area contributed by atoms with Gasteiger partial charge in [-0.1, -0.05) is 23.7 Å². The molecule has 9 heteroatoms. The minimum absolute atomic E-state index is 0.112. The highest BCUT2D eigenvalue weighted by molar-refractivity contribution is 6.33. The molecule has 26 heavy (non-hydrogen) atoms. The average Bonchev–Trinajstić information content (AvgIpc) is 2.57. The summed E-state index contributed by atoms with van der Waals surface area (Å²) < 4.78 is 55.5. The van der Waals surface area contributed by atoms with Gasteiger partial charge >= 0.3 is 12.1 Å². The van der Waals surface area contributed by atoms with Gasteiger partial charge in [-0.15, -0.1) is 0 Å². The number of nitrogens with one attached hydrogen (secondary N) is 1. The molecule has 0 heterocycles. The van der Waals surface area contributed by atoms with Gasteiger partial charge in [-0.05, 0) is 35.9 Å². The average molecular weight is 390 g/mol. The Morgan fingerprint density at radius 3 is 2.50 bits per heavy atom. The molecular formula is C17H12ClF4NO3. The van der Waals surface area contributed by atoms with Crippen molar-refractivity contribution >= 4 is 23.5 Å². The number of rotatable bonds is 5. The summed E-state index contributed by atoms with van der Waals surface area (Å²) in [5, 5.41) is 2.16. The molecule has 0 unspecified atom stereocenters. The van der Waals surface area contributed by atoms with Gasteiger partial charge in [0, 0.05) is 6.54 Å². The highest BCUT2D eigenvalue weighted by atomic mass is 35.5. The van der Waals surface area contributed by atoms with Crippen LogP contribution < -0.4 is 5.32 Å². The molecule has 4 nitrogen and oxygen atoms in total. The minimum atomic E-state index is -4.48. The lowest BCUT2D eigenvalue weighted by molar-refractivity contribution is -0.137. The molecule has 2 rings (SSSR count). The molecule has 0 aliphatic heterocycles. The zero-order valence-electron chi connectivity index (χ0n) is 13.1. The van der Waals surface area contributed by atoms with Crippen LogP contribution in [-0.2, 0) is 22.3 Å². The zero-order valence-corrected chi connectivity index (χ0v) is 13.8. The predicted octanol–water partition coefficient (Wildman–Crippen LogP) is 3.97. The number of ether oxygens (including phenoxy) is 1. The number of carbonyl (C=O) groups is 2. The van der Waals surface area contributed by atoms with Crippen molar-refractivity contribution in [1.82, 2.24) is 5.32 Å². The van der Waals surface area contributed by atoms with E-state index in [0.717, 1.165) is 30.3 Å². The molecule has 1 amide bonds. The summed E-state index contributed by atoms with van der Waals surface area (Å²) in [6, 6.07) is 7.51. The lowest BCUT2D eigenvalue weighted by atomic mass is 10.1. The lowest BCUT2D eigenvalue weighted by Crippen LogP contribution is -2.28. The number of halogens is 5. The molecule has 0 aliphatic carbocycles. The van der Waals surface area contributed by atoms with Gasteiger partial charge in [0.1, 0.15) is 5.82 Å². The van der Waals surface area contributed by atoms with Gasteiger partial charge in [0.15, 0.2) is 6.61 Å². The van der Waals surface area contributed by atoms with Gasteiger partial charge in [0.2, 0.25) is 0 Å². The fourth-order valence-electron chi connectivity index (χ4n) is 1.97. The van der Waals surface area contributed by atoms with Gasteiger partial charge in [-0.2, -0.15) is 13.2 Å². The first-order valence-electron chi connectivity index (χ1n) is 7.22. The Labute approximate surface area is 150 Å². The monoisotopic (exact) mass is 389 g/mol. The first-order valence-corrected chi connectivity index (χ1v) is 7.59. The molecule has 0 atom stereocenters. The van der Waals surface area contributed by atoms with Crippen LogP contribution in [0.15, 0.2) is 42.5 Å². The van der Waals surface area contributed by atoms with E-state index in [9.17, 15) is 27.2 Å². The molecule has 0 fully saturated rings. The third-order valence-electron chi connectivity index (χ3n) is 3.23. The highest BCUT2D eigenvalue weighted by Crippen LogP contribution is 2.29. The fraction of sp³-hybridized carbons (Fsp3) is 0.176. The van der Waals surface area contributed by atoms with Crippen LogP contribution in [0.1, 0.15) is 21.5 Å². The first kappa shape index (κ1) is 19.7. The van der Waals surface area contributed by atoms with E-state index in [-0.39, 0.29) is 22.7 Å². The van der Waals surface area contributed by atoms with Gasteiger partial charge < -0.3 is 10.1 Å². The van der Waals surface area contributed by atoms with E-state index in [0.29, 0.717) is 0 Å². The van der Waals surface area contributed by atoms with Crippen LogP contribution in [0, 0.1) is 5.82 Å². The maximum atomic E-state index is 12.9. The van der Waals surface area contributed by atoms with Crippen LogP contribution in [-0.4, -0.2) is 18.5 Å². The van der Waals surface area contributed by atoms with Crippen LogP contribution in [0.2, 0.25) is 5.02 Å². The van der Waals surface area contributed by atoms with E-state index in [1.165, 1.54) is 12.1 Å². The largest absolute Gasteiger partial charge is 0.452 e. The normalized spacial score (nSPS) is 11.1. The molecule has 0 saturated heterocycles. The van der Waals surface area contributed by atoms with Crippen LogP contribution in [0.3, 0.4) is 0 Å². The van der Waals surface area contributed by atoms with E-state index in [2.05, 4.69) is 5.32 Å². The van der Waals surface area contributed by atoms with Crippen molar-refractivity contribution in [3.63, 3.8) is 0 Å². The molecule has 2 aromatic rings. The molecule has 0 saturated carbocycles. The summed E-state index contributed by atoms with van der Waals surface area (Å²) in [4.78, 5) is 23.4. The molecule has 1 N–H and O–H groups in total. The number of alkyl halides is 3. The Kier molecular flexibility index (Phi) is 6.20. The van der Waals surface area contributed by atoms with Crippen molar-refractivity contribution < 1.29 is 31.9 Å². The summed E-state index contributed by atoms with van der Waals surface area (Å²) in [6.07, 6.45) is -4.48. The highest BCUT2D eigenvalue weighted by Gasteiger charge is 2.30. The second kappa shape index (κ2) is 8.18. The number of hydrogen-bond donors (Lipinski definition) is 1. The predicted molar refractivity (Wildman–Crippen MR) is 85.0 cm³/mol. The molecule has 0 aromatic heterocycles. The third-order valence-corrected chi connectivity index (χ3v) is 3.54. The fourth-order valence-corrected chi connectivity index (χ4v) is 2.22. The maximum absolute atomic E-state index is 12.9. The number of hydrogen-bond acceptors (Lipinski definition) is 3. The Morgan fingerprint density at radius 1 is 1.12 bits per heavy atom. The summed E-state index contributed by atoms with van der Waals surface area (Å²) in [5.74, 6) is -2.27. The second-order valence-corrected chi connectivity index (χ2v) is 5.58. The maximum Gasteiger partial charge on any atom is 0.416 e. The quantitative estimate of drug-likeness (QED) is 0.622. The van der Waals surface area contributed by atoms with Crippen molar-refractivity contribution in [2.75, 3.05) is 6.61 Å². The summed E-state index contributed by atoms with van der Waals surface area (Å²) in [6.45, 7) is -0.830. The Bertz CT molecular complexity index is 824. The van der Waals surface area contributed by atoms with Crippen LogP contribution in [0.4, 0.5) is 17.6 Å². The molecule has 0 spiro atoms. The number of esters is 1. The van der Waals surface area contributed by atoms with Gasteiger partial charge in [-0.3, -0.25) is 4.79 Å². The topological polar surface area (TPSA) is 55.4 Å². The third kappa shape index (κ3) is 5.45. The van der Waals surface area contributed by atoms with E-state index in [1.54, 1.807) is 0 Å². The summed E-state index contributed by atoms with van der Waals surface area (Å²) >= 11 is 5.70. The van der Waals surface area contributed by atoms with Gasteiger partial charge in [0.25, 0.3) is 5.91 Å². The van der Waals surface area contributed by atoms with E-state index >= 15 is 0 Å². The molecule has 0 bridgehead atoms. The molecule has 0 aliphatic rings. The number of benzene rings is 2. The first-order chi connectivity index (χ1) is 12.2. The Morgan fingerprint density at radius 2 is 1.85 bits per heavy atom.